The van der Waals surface area contributed by atoms with Crippen LogP contribution in [0.1, 0.15) is 38.6 Å². The zero-order chi connectivity index (χ0) is 47.2. The second-order valence-corrected chi connectivity index (χ2v) is 16.5. The molecule has 0 spiro atoms. The molecule has 0 amide bonds. The molecular formula is C64H49N3O2. The van der Waals surface area contributed by atoms with Gasteiger partial charge >= 0.3 is 0 Å². The maximum atomic E-state index is 10.2. The molecule has 3 heterocycles. The first-order valence-corrected chi connectivity index (χ1v) is 22.9. The molecule has 0 saturated carbocycles. The monoisotopic (exact) mass is 891 g/mol. The minimum absolute atomic E-state index is 0.667. The lowest BCUT2D eigenvalue weighted by Gasteiger charge is -2.05. The highest BCUT2D eigenvalue weighted by Gasteiger charge is 2.04. The van der Waals surface area contributed by atoms with Crippen LogP contribution in [0.15, 0.2) is 231 Å². The second kappa shape index (κ2) is 22.0. The maximum Gasteiger partial charge on any atom is 0.150 e. The highest BCUT2D eigenvalue weighted by molar-refractivity contribution is 5.88. The van der Waals surface area contributed by atoms with Crippen LogP contribution in [0.4, 0.5) is 0 Å². The fourth-order valence-electron chi connectivity index (χ4n) is 7.89. The normalized spacial score (nSPS) is 11.0. The Balaban J connectivity index is 0.000000178. The topological polar surface area (TPSA) is 65.0 Å². The van der Waals surface area contributed by atoms with Gasteiger partial charge in [-0.2, -0.15) is 0 Å². The summed E-state index contributed by atoms with van der Waals surface area (Å²) < 4.78 is 4.90. The third-order valence-corrected chi connectivity index (χ3v) is 11.7. The third kappa shape index (κ3) is 11.9. The number of methoxy groups -OCH3 is 1. The number of ether oxygens (including phenoxy) is 1. The van der Waals surface area contributed by atoms with Crippen LogP contribution in [0.2, 0.25) is 0 Å². The summed E-state index contributed by atoms with van der Waals surface area (Å²) in [5.74, 6) is 0.769. The molecule has 0 unspecified atom stereocenters. The van der Waals surface area contributed by atoms with Gasteiger partial charge in [0.2, 0.25) is 0 Å². The predicted molar refractivity (Wildman–Crippen MR) is 289 cm³/mol. The number of pyridine rings is 3. The number of nitrogens with zero attached hydrogens (tertiary/aromatic N) is 3. The van der Waals surface area contributed by atoms with E-state index in [-0.39, 0.29) is 0 Å². The van der Waals surface area contributed by atoms with Crippen molar-refractivity contribution < 1.29 is 9.53 Å². The van der Waals surface area contributed by atoms with E-state index in [2.05, 4.69) is 217 Å². The number of hydrogen-bond donors (Lipinski definition) is 0. The lowest BCUT2D eigenvalue weighted by atomic mass is 10.0. The van der Waals surface area contributed by atoms with Crippen LogP contribution in [0.25, 0.3) is 90.4 Å². The summed E-state index contributed by atoms with van der Waals surface area (Å²) >= 11 is 0. The number of carbonyl (C=O) groups is 1. The molecule has 0 saturated heterocycles. The van der Waals surface area contributed by atoms with Crippen molar-refractivity contribution in [3.8, 4) is 39.1 Å². The summed E-state index contributed by atoms with van der Waals surface area (Å²) in [4.78, 5) is 24.4. The van der Waals surface area contributed by atoms with Crippen LogP contribution in [0, 0.1) is 6.92 Å². The van der Waals surface area contributed by atoms with Crippen molar-refractivity contribution in [1.29, 1.82) is 0 Å². The van der Waals surface area contributed by atoms with E-state index in [0.717, 1.165) is 67.6 Å². The number of rotatable bonds is 9. The first-order chi connectivity index (χ1) is 34.0. The Bertz CT molecular complexity index is 3380. The molecule has 0 aliphatic carbocycles. The van der Waals surface area contributed by atoms with Gasteiger partial charge in [-0.25, -0.2) is 9.97 Å². The van der Waals surface area contributed by atoms with E-state index in [1.54, 1.807) is 31.4 Å². The molecule has 5 nitrogen and oxygen atoms in total. The third-order valence-electron chi connectivity index (χ3n) is 11.7. The molecule has 0 aliphatic heterocycles. The van der Waals surface area contributed by atoms with Gasteiger partial charge in [0.05, 0.1) is 35.0 Å². The van der Waals surface area contributed by atoms with Crippen molar-refractivity contribution >= 4 is 63.3 Å². The number of carbonyl (C=O) groups excluding carboxylic acids is 1. The van der Waals surface area contributed by atoms with Crippen molar-refractivity contribution in [2.24, 2.45) is 0 Å². The van der Waals surface area contributed by atoms with Crippen molar-refractivity contribution in [2.45, 2.75) is 6.92 Å². The summed E-state index contributed by atoms with van der Waals surface area (Å²) in [6, 6.07) is 78.7. The quantitative estimate of drug-likeness (QED) is 0.135. The van der Waals surface area contributed by atoms with E-state index in [1.807, 2.05) is 25.1 Å². The highest BCUT2D eigenvalue weighted by Crippen LogP contribution is 2.27. The van der Waals surface area contributed by atoms with Gasteiger partial charge in [-0.1, -0.05) is 164 Å². The van der Waals surface area contributed by atoms with E-state index in [1.165, 1.54) is 38.8 Å². The van der Waals surface area contributed by atoms with Crippen molar-refractivity contribution in [2.75, 3.05) is 7.11 Å². The Morgan fingerprint density at radius 3 is 1.12 bits per heavy atom. The van der Waals surface area contributed by atoms with Crippen LogP contribution in [-0.4, -0.2) is 28.3 Å². The molecule has 0 N–H and O–H groups in total. The van der Waals surface area contributed by atoms with Gasteiger partial charge in [-0.15, -0.1) is 0 Å². The number of aldehydes is 1. The van der Waals surface area contributed by atoms with Gasteiger partial charge in [0.15, 0.2) is 0 Å². The number of aromatic nitrogens is 3. The Labute approximate surface area is 403 Å². The van der Waals surface area contributed by atoms with Crippen LogP contribution in [0.3, 0.4) is 0 Å². The summed E-state index contributed by atoms with van der Waals surface area (Å²) in [6.07, 6.45) is 9.15. The van der Waals surface area contributed by atoms with E-state index in [0.29, 0.717) is 5.56 Å². The van der Waals surface area contributed by atoms with Gasteiger partial charge in [0.25, 0.3) is 0 Å². The van der Waals surface area contributed by atoms with E-state index < -0.39 is 0 Å². The van der Waals surface area contributed by atoms with Gasteiger partial charge in [-0.3, -0.25) is 9.78 Å². The van der Waals surface area contributed by atoms with Gasteiger partial charge < -0.3 is 4.74 Å². The Morgan fingerprint density at radius 1 is 0.348 bits per heavy atom. The van der Waals surface area contributed by atoms with Crippen molar-refractivity contribution in [3.63, 3.8) is 0 Å². The van der Waals surface area contributed by atoms with E-state index >= 15 is 0 Å². The Hall–Kier alpha value is -9.06. The second-order valence-electron chi connectivity index (χ2n) is 16.5. The summed E-state index contributed by atoms with van der Waals surface area (Å²) in [7, 11) is 1.59. The first kappa shape index (κ1) is 45.1. The molecular weight excluding hydrogens is 843 g/mol. The molecule has 0 bridgehead atoms. The smallest absolute Gasteiger partial charge is 0.150 e. The molecule has 5 heteroatoms. The summed E-state index contributed by atoms with van der Waals surface area (Å²) in [5, 5.41) is 3.47. The summed E-state index contributed by atoms with van der Waals surface area (Å²) in [5.41, 5.74) is 16.3. The van der Waals surface area contributed by atoms with Crippen LogP contribution in [0.5, 0.6) is 5.75 Å². The number of aryl methyl sites for hydroxylation is 1. The highest BCUT2D eigenvalue weighted by atomic mass is 16.5. The van der Waals surface area contributed by atoms with Crippen molar-refractivity contribution in [1.82, 2.24) is 15.0 Å². The molecule has 0 radical (unpaired) electrons. The van der Waals surface area contributed by atoms with Crippen molar-refractivity contribution in [3.05, 3.63) is 264 Å². The maximum absolute atomic E-state index is 10.2. The predicted octanol–water partition coefficient (Wildman–Crippen LogP) is 16.2. The van der Waals surface area contributed by atoms with Gasteiger partial charge in [0.1, 0.15) is 12.0 Å². The van der Waals surface area contributed by atoms with E-state index in [4.69, 9.17) is 14.7 Å². The zero-order valence-electron chi connectivity index (χ0n) is 38.5. The standard InChI is InChI=1S/C40H28N2.C16H13N.C8H8O2/c1-3-7-31(8-4-1)33-19-25-39-35(27-33)17-23-37(41-39)21-15-29-11-13-30(14-12-29)16-22-38-24-18-36-28-34(20-26-40(36)42-38)32-9-5-2-6-10-32;1-12-7-8-15-11-14(9-10-16(15)17-12)13-5-3-2-4-6-13;1-10-8-4-2-7(6-9)3-5-8/h1-28H;2-11H,1H3;2-6H,1H3/b21-15+,22-16+;;. The average molecular weight is 892 g/mol. The molecule has 11 aromatic rings. The molecule has 0 fully saturated rings. The zero-order valence-corrected chi connectivity index (χ0v) is 38.5. The first-order valence-electron chi connectivity index (χ1n) is 22.9. The fraction of sp³-hybridized carbons (Fsp3) is 0.0312. The molecule has 69 heavy (non-hydrogen) atoms. The SMILES string of the molecule is C(=C\c1ccc2cc(-c3ccccc3)ccc2n1)/c1ccc(/C=C/c2ccc3cc(-c4ccccc4)ccc3n2)cc1.COc1ccc(C=O)cc1.Cc1ccc2cc(-c3ccccc3)ccc2n1. The largest absolute Gasteiger partial charge is 0.497 e. The molecule has 0 atom stereocenters. The Kier molecular flexibility index (Phi) is 14.4. The number of hydrogen-bond acceptors (Lipinski definition) is 5. The molecule has 3 aromatic heterocycles. The van der Waals surface area contributed by atoms with E-state index in [9.17, 15) is 4.79 Å². The lowest BCUT2D eigenvalue weighted by molar-refractivity contribution is 0.112. The minimum Gasteiger partial charge on any atom is -0.497 e. The molecule has 332 valence electrons. The Morgan fingerprint density at radius 2 is 0.725 bits per heavy atom. The molecule has 11 rings (SSSR count). The fourth-order valence-corrected chi connectivity index (χ4v) is 7.89. The molecule has 0 aliphatic rings. The molecule has 8 aromatic carbocycles. The number of fused-ring (bicyclic) bond motifs is 3. The van der Waals surface area contributed by atoms with Gasteiger partial charge in [0, 0.05) is 27.4 Å². The van der Waals surface area contributed by atoms with Gasteiger partial charge in [-0.05, 0) is 142 Å². The summed E-state index contributed by atoms with van der Waals surface area (Å²) in [6.45, 7) is 2.02. The van der Waals surface area contributed by atoms with Crippen LogP contribution in [-0.2, 0) is 0 Å². The number of benzene rings is 8. The minimum atomic E-state index is 0.667. The van der Waals surface area contributed by atoms with Crippen LogP contribution < -0.4 is 4.74 Å². The lowest BCUT2D eigenvalue weighted by Crippen LogP contribution is -1.85. The van der Waals surface area contributed by atoms with Crippen LogP contribution >= 0.6 is 0 Å². The average Bonchev–Trinajstić information content (AvgIpc) is 3.42.